The van der Waals surface area contributed by atoms with E-state index in [4.69, 9.17) is 5.10 Å². The topological polar surface area (TPSA) is 63.1 Å². The van der Waals surface area contributed by atoms with Gasteiger partial charge in [0.2, 0.25) is 0 Å². The van der Waals surface area contributed by atoms with Crippen molar-refractivity contribution in [2.45, 2.75) is 39.3 Å². The first kappa shape index (κ1) is 23.9. The van der Waals surface area contributed by atoms with Crippen LogP contribution in [0.3, 0.4) is 0 Å². The van der Waals surface area contributed by atoms with Gasteiger partial charge in [-0.25, -0.2) is 9.07 Å². The van der Waals surface area contributed by atoms with Gasteiger partial charge >= 0.3 is 0 Å². The zero-order valence-electron chi connectivity index (χ0n) is 20.6. The lowest BCUT2D eigenvalue weighted by Crippen LogP contribution is -2.44. The van der Waals surface area contributed by atoms with Gasteiger partial charge in [-0.15, -0.1) is 0 Å². The summed E-state index contributed by atoms with van der Waals surface area (Å²) >= 11 is 0. The second-order valence-corrected chi connectivity index (χ2v) is 9.36. The Labute approximate surface area is 210 Å². The molecule has 0 unspecified atom stereocenters. The number of halogens is 1. The quantitative estimate of drug-likeness (QED) is 0.415. The number of likely N-dealkylation sites (tertiary alicyclic amines) is 1. The lowest BCUT2D eigenvalue weighted by atomic mass is 10.0. The van der Waals surface area contributed by atoms with Crippen molar-refractivity contribution in [3.05, 3.63) is 101 Å². The Hall–Kier alpha value is -3.84. The van der Waals surface area contributed by atoms with Crippen molar-refractivity contribution in [1.82, 2.24) is 25.0 Å². The van der Waals surface area contributed by atoms with Crippen LogP contribution >= 0.6 is 0 Å². The predicted molar refractivity (Wildman–Crippen MR) is 138 cm³/mol. The van der Waals surface area contributed by atoms with Crippen LogP contribution in [0.15, 0.2) is 72.9 Å². The molecule has 36 heavy (non-hydrogen) atoms. The fourth-order valence-corrected chi connectivity index (χ4v) is 4.80. The Morgan fingerprint density at radius 3 is 2.50 bits per heavy atom. The summed E-state index contributed by atoms with van der Waals surface area (Å²) in [6.45, 7) is 6.89. The highest BCUT2D eigenvalue weighted by Crippen LogP contribution is 2.22. The van der Waals surface area contributed by atoms with E-state index < -0.39 is 0 Å². The first-order chi connectivity index (χ1) is 17.5. The molecule has 4 aromatic rings. The van der Waals surface area contributed by atoms with Gasteiger partial charge < -0.3 is 5.32 Å². The van der Waals surface area contributed by atoms with Crippen molar-refractivity contribution in [2.24, 2.45) is 0 Å². The molecule has 0 radical (unpaired) electrons. The highest BCUT2D eigenvalue weighted by atomic mass is 19.1. The molecule has 3 heterocycles. The number of aromatic nitrogens is 3. The molecule has 1 aliphatic rings. The predicted octanol–water partition coefficient (Wildman–Crippen LogP) is 5.08. The van der Waals surface area contributed by atoms with Crippen LogP contribution in [0.2, 0.25) is 0 Å². The number of amides is 1. The standard InChI is InChI=1S/C29H30FN5O/c1-20-27(21(2)35(33-20)26-9-4-3-5-10-26)19-34-15-13-25(14-16-34)32-29(36)23-11-12-28(31-18-23)22-7-6-8-24(30)17-22/h3-12,17-18,25H,13-16,19H2,1-2H3,(H,32,36). The molecular weight excluding hydrogens is 453 g/mol. The van der Waals surface area contributed by atoms with Gasteiger partial charge in [-0.3, -0.25) is 14.7 Å². The molecule has 184 valence electrons. The van der Waals surface area contributed by atoms with E-state index in [9.17, 15) is 9.18 Å². The molecule has 0 aliphatic carbocycles. The van der Waals surface area contributed by atoms with Gasteiger partial charge in [0.1, 0.15) is 5.82 Å². The van der Waals surface area contributed by atoms with Crippen LogP contribution in [0.1, 0.15) is 40.2 Å². The van der Waals surface area contributed by atoms with Crippen LogP contribution in [-0.4, -0.2) is 44.7 Å². The van der Waals surface area contributed by atoms with E-state index in [1.54, 1.807) is 30.5 Å². The molecule has 1 amide bonds. The highest BCUT2D eigenvalue weighted by Gasteiger charge is 2.23. The van der Waals surface area contributed by atoms with E-state index in [0.29, 0.717) is 16.8 Å². The summed E-state index contributed by atoms with van der Waals surface area (Å²) in [5.74, 6) is -0.430. The van der Waals surface area contributed by atoms with Gasteiger partial charge in [-0.05, 0) is 63.1 Å². The summed E-state index contributed by atoms with van der Waals surface area (Å²) in [6.07, 6.45) is 3.34. The first-order valence-electron chi connectivity index (χ1n) is 12.3. The molecule has 0 atom stereocenters. The average Bonchev–Trinajstić information content (AvgIpc) is 3.18. The summed E-state index contributed by atoms with van der Waals surface area (Å²) in [7, 11) is 0. The third-order valence-corrected chi connectivity index (χ3v) is 6.89. The molecule has 0 bridgehead atoms. The second-order valence-electron chi connectivity index (χ2n) is 9.36. The molecule has 0 saturated carbocycles. The molecule has 6 nitrogen and oxygen atoms in total. The number of benzene rings is 2. The largest absolute Gasteiger partial charge is 0.349 e. The van der Waals surface area contributed by atoms with E-state index in [-0.39, 0.29) is 17.8 Å². The van der Waals surface area contributed by atoms with Crippen molar-refractivity contribution >= 4 is 5.91 Å². The summed E-state index contributed by atoms with van der Waals surface area (Å²) < 4.78 is 15.5. The number of para-hydroxylation sites is 1. The molecule has 1 aliphatic heterocycles. The number of hydrogen-bond donors (Lipinski definition) is 1. The van der Waals surface area contributed by atoms with Gasteiger partial charge in [0.15, 0.2) is 0 Å². The number of aryl methyl sites for hydroxylation is 1. The monoisotopic (exact) mass is 483 g/mol. The maximum absolute atomic E-state index is 13.5. The molecular formula is C29H30FN5O. The minimum Gasteiger partial charge on any atom is -0.349 e. The number of nitrogens with one attached hydrogen (secondary N) is 1. The van der Waals surface area contributed by atoms with Crippen LogP contribution in [0.25, 0.3) is 16.9 Å². The van der Waals surface area contributed by atoms with Crippen LogP contribution in [0.4, 0.5) is 4.39 Å². The average molecular weight is 484 g/mol. The number of pyridine rings is 1. The van der Waals surface area contributed by atoms with Gasteiger partial charge in [0, 0.05) is 48.7 Å². The van der Waals surface area contributed by atoms with Gasteiger partial charge in [-0.1, -0.05) is 30.3 Å². The minimum atomic E-state index is -0.308. The van der Waals surface area contributed by atoms with Gasteiger partial charge in [-0.2, -0.15) is 5.10 Å². The van der Waals surface area contributed by atoms with E-state index in [1.165, 1.54) is 23.4 Å². The highest BCUT2D eigenvalue weighted by molar-refractivity contribution is 5.94. The van der Waals surface area contributed by atoms with Crippen LogP contribution < -0.4 is 5.32 Å². The Kier molecular flexibility index (Phi) is 6.91. The Morgan fingerprint density at radius 1 is 1.03 bits per heavy atom. The van der Waals surface area contributed by atoms with Crippen LogP contribution in [0, 0.1) is 19.7 Å². The number of carbonyl (C=O) groups excluding carboxylic acids is 1. The first-order valence-corrected chi connectivity index (χ1v) is 12.3. The van der Waals surface area contributed by atoms with Crippen LogP contribution in [-0.2, 0) is 6.54 Å². The van der Waals surface area contributed by atoms with Crippen molar-refractivity contribution in [3.8, 4) is 16.9 Å². The molecule has 2 aromatic heterocycles. The Balaban J connectivity index is 1.16. The second kappa shape index (κ2) is 10.4. The zero-order valence-corrected chi connectivity index (χ0v) is 20.6. The number of nitrogens with zero attached hydrogens (tertiary/aromatic N) is 4. The zero-order chi connectivity index (χ0) is 25.1. The van der Waals surface area contributed by atoms with Crippen molar-refractivity contribution < 1.29 is 9.18 Å². The number of carbonyl (C=O) groups is 1. The SMILES string of the molecule is Cc1nn(-c2ccccc2)c(C)c1CN1CCC(NC(=O)c2ccc(-c3cccc(F)c3)nc2)CC1. The van der Waals surface area contributed by atoms with E-state index in [0.717, 1.165) is 43.9 Å². The van der Waals surface area contributed by atoms with Gasteiger partial charge in [0.05, 0.1) is 22.6 Å². The van der Waals surface area contributed by atoms with E-state index >= 15 is 0 Å². The molecule has 0 spiro atoms. The maximum atomic E-state index is 13.5. The molecule has 1 saturated heterocycles. The summed E-state index contributed by atoms with van der Waals surface area (Å²) in [4.78, 5) is 19.6. The summed E-state index contributed by atoms with van der Waals surface area (Å²) in [5.41, 5.74) is 6.41. The van der Waals surface area contributed by atoms with Crippen LogP contribution in [0.5, 0.6) is 0 Å². The number of rotatable bonds is 6. The Morgan fingerprint density at radius 2 is 1.81 bits per heavy atom. The molecule has 1 N–H and O–H groups in total. The summed E-state index contributed by atoms with van der Waals surface area (Å²) in [5, 5.41) is 7.93. The molecule has 2 aromatic carbocycles. The fraction of sp³-hybridized carbons (Fsp3) is 0.276. The number of hydrogen-bond acceptors (Lipinski definition) is 4. The van der Waals surface area contributed by atoms with E-state index in [2.05, 4.69) is 41.2 Å². The minimum absolute atomic E-state index is 0.123. The maximum Gasteiger partial charge on any atom is 0.253 e. The summed E-state index contributed by atoms with van der Waals surface area (Å²) in [6, 6.07) is 20.1. The lowest BCUT2D eigenvalue weighted by molar-refractivity contribution is 0.0908. The third-order valence-electron chi connectivity index (χ3n) is 6.89. The Bertz CT molecular complexity index is 1340. The van der Waals surface area contributed by atoms with Crippen molar-refractivity contribution in [1.29, 1.82) is 0 Å². The number of piperidine rings is 1. The van der Waals surface area contributed by atoms with E-state index in [1.807, 2.05) is 22.9 Å². The molecule has 5 rings (SSSR count). The third kappa shape index (κ3) is 5.21. The van der Waals surface area contributed by atoms with Gasteiger partial charge in [0.25, 0.3) is 5.91 Å². The molecule has 7 heteroatoms. The van der Waals surface area contributed by atoms with Crippen molar-refractivity contribution in [2.75, 3.05) is 13.1 Å². The lowest BCUT2D eigenvalue weighted by Gasteiger charge is -2.32. The normalized spacial score (nSPS) is 14.6. The van der Waals surface area contributed by atoms with Crippen molar-refractivity contribution in [3.63, 3.8) is 0 Å². The smallest absolute Gasteiger partial charge is 0.253 e. The fourth-order valence-electron chi connectivity index (χ4n) is 4.80. The molecule has 1 fully saturated rings.